The Labute approximate surface area is 123 Å². The zero-order valence-electron chi connectivity index (χ0n) is 12.2. The van der Waals surface area contributed by atoms with Crippen LogP contribution in [0.2, 0.25) is 0 Å². The summed E-state index contributed by atoms with van der Waals surface area (Å²) in [5.74, 6) is -0.115. The van der Waals surface area contributed by atoms with Crippen molar-refractivity contribution < 1.29 is 14.5 Å². The first kappa shape index (κ1) is 15.2. The van der Waals surface area contributed by atoms with Crippen LogP contribution in [0.25, 0.3) is 0 Å². The maximum atomic E-state index is 11.5. The van der Waals surface area contributed by atoms with Gasteiger partial charge in [-0.3, -0.25) is 14.9 Å². The lowest BCUT2D eigenvalue weighted by Gasteiger charge is -2.12. The van der Waals surface area contributed by atoms with Crippen LogP contribution in [0.4, 0.5) is 5.69 Å². The molecular formula is C14H19N3O4. The van der Waals surface area contributed by atoms with Gasteiger partial charge in [-0.2, -0.15) is 0 Å². The lowest BCUT2D eigenvalue weighted by molar-refractivity contribution is -0.385. The average Bonchev–Trinajstić information content (AvgIpc) is 3.26. The second-order valence-corrected chi connectivity index (χ2v) is 5.29. The second kappa shape index (κ2) is 6.53. The Morgan fingerprint density at radius 3 is 2.76 bits per heavy atom. The standard InChI is InChI=1S/C14H19N3O4/c1-16(2)14(18)9-21-13-7-10(8-15-11-4-5-11)3-6-12(13)17(19)20/h3,6-7,11,15H,4-5,8-9H2,1-2H3. The molecule has 7 nitrogen and oxygen atoms in total. The number of benzene rings is 1. The molecule has 114 valence electrons. The van der Waals surface area contributed by atoms with Gasteiger partial charge in [-0.05, 0) is 24.5 Å². The molecule has 0 unspecified atom stereocenters. The fraction of sp³-hybridized carbons (Fsp3) is 0.500. The van der Waals surface area contributed by atoms with Gasteiger partial charge in [0.2, 0.25) is 0 Å². The molecule has 1 aromatic rings. The van der Waals surface area contributed by atoms with E-state index in [1.54, 1.807) is 26.2 Å². The molecule has 1 amide bonds. The minimum atomic E-state index is -0.506. The first-order valence-electron chi connectivity index (χ1n) is 6.81. The van der Waals surface area contributed by atoms with Gasteiger partial charge in [0.15, 0.2) is 12.4 Å². The Kier molecular flexibility index (Phi) is 4.74. The number of nitro benzene ring substituents is 1. The van der Waals surface area contributed by atoms with Crippen LogP contribution < -0.4 is 10.1 Å². The van der Waals surface area contributed by atoms with Crippen LogP contribution in [0, 0.1) is 10.1 Å². The highest BCUT2D eigenvalue weighted by Crippen LogP contribution is 2.28. The summed E-state index contributed by atoms with van der Waals surface area (Å²) in [5.41, 5.74) is 0.775. The van der Waals surface area contributed by atoms with Crippen molar-refractivity contribution >= 4 is 11.6 Å². The van der Waals surface area contributed by atoms with Gasteiger partial charge in [0, 0.05) is 32.7 Å². The number of likely N-dealkylation sites (N-methyl/N-ethyl adjacent to an activating group) is 1. The number of nitro groups is 1. The largest absolute Gasteiger partial charge is 0.477 e. The lowest BCUT2D eigenvalue weighted by Crippen LogP contribution is -2.27. The highest BCUT2D eigenvalue weighted by atomic mass is 16.6. The van der Waals surface area contributed by atoms with Crippen molar-refractivity contribution in [3.63, 3.8) is 0 Å². The Balaban J connectivity index is 2.07. The minimum Gasteiger partial charge on any atom is -0.477 e. The lowest BCUT2D eigenvalue weighted by atomic mass is 10.2. The van der Waals surface area contributed by atoms with Crippen molar-refractivity contribution in [2.75, 3.05) is 20.7 Å². The predicted octanol–water partition coefficient (Wildman–Crippen LogP) is 1.31. The first-order chi connectivity index (χ1) is 9.97. The first-order valence-corrected chi connectivity index (χ1v) is 6.81. The minimum absolute atomic E-state index is 0.128. The quantitative estimate of drug-likeness (QED) is 0.605. The van der Waals surface area contributed by atoms with Crippen molar-refractivity contribution in [2.45, 2.75) is 25.4 Å². The van der Waals surface area contributed by atoms with Crippen LogP contribution in [0.1, 0.15) is 18.4 Å². The van der Waals surface area contributed by atoms with E-state index in [2.05, 4.69) is 5.32 Å². The van der Waals surface area contributed by atoms with E-state index < -0.39 is 4.92 Å². The SMILES string of the molecule is CN(C)C(=O)COc1cc(CNC2CC2)ccc1[N+](=O)[O-]. The highest BCUT2D eigenvalue weighted by Gasteiger charge is 2.21. The number of nitrogens with one attached hydrogen (secondary N) is 1. The number of amides is 1. The van der Waals surface area contributed by atoms with Crippen LogP contribution in [0.15, 0.2) is 18.2 Å². The molecule has 1 aromatic carbocycles. The van der Waals surface area contributed by atoms with Crippen LogP contribution in [0.5, 0.6) is 5.75 Å². The second-order valence-electron chi connectivity index (χ2n) is 5.29. The van der Waals surface area contributed by atoms with E-state index in [1.807, 2.05) is 0 Å². The smallest absolute Gasteiger partial charge is 0.310 e. The predicted molar refractivity (Wildman–Crippen MR) is 77.1 cm³/mol. The number of carbonyl (C=O) groups is 1. The van der Waals surface area contributed by atoms with Gasteiger partial charge in [0.1, 0.15) is 0 Å². The summed E-state index contributed by atoms with van der Waals surface area (Å²) < 4.78 is 5.32. The number of nitrogens with zero attached hydrogens (tertiary/aromatic N) is 2. The fourth-order valence-electron chi connectivity index (χ4n) is 1.75. The molecule has 2 rings (SSSR count). The van der Waals surface area contributed by atoms with Gasteiger partial charge >= 0.3 is 5.69 Å². The zero-order valence-corrected chi connectivity index (χ0v) is 12.2. The Hall–Kier alpha value is -2.15. The summed E-state index contributed by atoms with van der Waals surface area (Å²) in [6.07, 6.45) is 2.35. The molecule has 0 atom stereocenters. The number of carbonyl (C=O) groups excluding carboxylic acids is 1. The molecule has 1 aliphatic rings. The molecule has 0 radical (unpaired) electrons. The maximum absolute atomic E-state index is 11.5. The highest BCUT2D eigenvalue weighted by molar-refractivity contribution is 5.77. The number of hydrogen-bond donors (Lipinski definition) is 1. The van der Waals surface area contributed by atoms with Crippen LogP contribution in [0.3, 0.4) is 0 Å². The summed E-state index contributed by atoms with van der Waals surface area (Å²) in [5, 5.41) is 14.3. The van der Waals surface area contributed by atoms with Gasteiger partial charge in [-0.25, -0.2) is 0 Å². The van der Waals surface area contributed by atoms with E-state index in [1.165, 1.54) is 23.8 Å². The Morgan fingerprint density at radius 1 is 1.48 bits per heavy atom. The number of hydrogen-bond acceptors (Lipinski definition) is 5. The molecule has 1 saturated carbocycles. The third-order valence-corrected chi connectivity index (χ3v) is 3.24. The molecule has 0 heterocycles. The van der Waals surface area contributed by atoms with Gasteiger partial charge < -0.3 is 15.0 Å². The van der Waals surface area contributed by atoms with Crippen molar-refractivity contribution in [1.82, 2.24) is 10.2 Å². The molecule has 7 heteroatoms. The number of ether oxygens (including phenoxy) is 1. The van der Waals surface area contributed by atoms with E-state index in [0.717, 1.165) is 5.56 Å². The van der Waals surface area contributed by atoms with Crippen molar-refractivity contribution in [3.05, 3.63) is 33.9 Å². The summed E-state index contributed by atoms with van der Waals surface area (Å²) in [6, 6.07) is 5.30. The van der Waals surface area contributed by atoms with Gasteiger partial charge in [0.25, 0.3) is 5.91 Å². The summed E-state index contributed by atoms with van der Waals surface area (Å²) in [4.78, 5) is 23.4. The Morgan fingerprint density at radius 2 is 2.19 bits per heavy atom. The van der Waals surface area contributed by atoms with E-state index >= 15 is 0 Å². The molecule has 1 fully saturated rings. The molecular weight excluding hydrogens is 274 g/mol. The Bertz CT molecular complexity index is 541. The molecule has 21 heavy (non-hydrogen) atoms. The van der Waals surface area contributed by atoms with Crippen LogP contribution in [-0.2, 0) is 11.3 Å². The van der Waals surface area contributed by atoms with Gasteiger partial charge in [0.05, 0.1) is 4.92 Å². The summed E-state index contributed by atoms with van der Waals surface area (Å²) in [7, 11) is 3.21. The fourth-order valence-corrected chi connectivity index (χ4v) is 1.75. The van der Waals surface area contributed by atoms with Crippen molar-refractivity contribution in [3.8, 4) is 5.75 Å². The topological polar surface area (TPSA) is 84.7 Å². The molecule has 1 aliphatic carbocycles. The molecule has 1 N–H and O–H groups in total. The van der Waals surface area contributed by atoms with E-state index in [9.17, 15) is 14.9 Å². The zero-order chi connectivity index (χ0) is 15.4. The molecule has 0 bridgehead atoms. The normalized spacial score (nSPS) is 13.8. The number of rotatable bonds is 7. The molecule has 0 aromatic heterocycles. The summed E-state index contributed by atoms with van der Waals surface area (Å²) in [6.45, 7) is 0.425. The van der Waals surface area contributed by atoms with Gasteiger partial charge in [-0.1, -0.05) is 6.07 Å². The maximum Gasteiger partial charge on any atom is 0.310 e. The van der Waals surface area contributed by atoms with E-state index in [4.69, 9.17) is 4.74 Å². The third-order valence-electron chi connectivity index (χ3n) is 3.24. The molecule has 0 saturated heterocycles. The average molecular weight is 293 g/mol. The van der Waals surface area contributed by atoms with Crippen LogP contribution >= 0.6 is 0 Å². The van der Waals surface area contributed by atoms with Crippen molar-refractivity contribution in [2.24, 2.45) is 0 Å². The van der Waals surface area contributed by atoms with Crippen molar-refractivity contribution in [1.29, 1.82) is 0 Å². The monoisotopic (exact) mass is 293 g/mol. The van der Waals surface area contributed by atoms with E-state index in [-0.39, 0.29) is 24.0 Å². The molecule has 0 spiro atoms. The summed E-state index contributed by atoms with van der Waals surface area (Å²) >= 11 is 0. The van der Waals surface area contributed by atoms with Crippen LogP contribution in [-0.4, -0.2) is 42.5 Å². The molecule has 0 aliphatic heterocycles. The van der Waals surface area contributed by atoms with Gasteiger partial charge in [-0.15, -0.1) is 0 Å². The third kappa shape index (κ3) is 4.42. The van der Waals surface area contributed by atoms with E-state index in [0.29, 0.717) is 12.6 Å².